The molecule has 2 aromatic carbocycles. The number of benzene rings is 2. The maximum atomic E-state index is 3.79. The minimum atomic E-state index is 1.09. The van der Waals surface area contributed by atoms with Gasteiger partial charge in [-0.1, -0.05) is 65.2 Å². The summed E-state index contributed by atoms with van der Waals surface area (Å²) < 4.78 is 1.22. The largest absolute Gasteiger partial charge is 0.0683 e. The molecule has 0 bridgehead atoms. The number of unbranched alkanes of at least 4 members (excludes halogenated alkanes) is 1. The molecule has 1 heteroatoms. The second-order valence-electron chi connectivity index (χ2n) is 5.96. The van der Waals surface area contributed by atoms with E-state index in [4.69, 9.17) is 0 Å². The van der Waals surface area contributed by atoms with Crippen molar-refractivity contribution >= 4 is 22.0 Å². The quantitative estimate of drug-likeness (QED) is 0.602. The highest BCUT2D eigenvalue weighted by atomic mass is 79.9. The van der Waals surface area contributed by atoms with E-state index >= 15 is 0 Å². The first-order valence-electron chi connectivity index (χ1n) is 7.77. The van der Waals surface area contributed by atoms with Crippen LogP contribution in [0.2, 0.25) is 0 Å². The first-order valence-corrected chi connectivity index (χ1v) is 8.56. The van der Waals surface area contributed by atoms with E-state index in [1.165, 1.54) is 50.7 Å². The number of rotatable bonds is 4. The van der Waals surface area contributed by atoms with Crippen molar-refractivity contribution in [1.82, 2.24) is 0 Å². The van der Waals surface area contributed by atoms with Gasteiger partial charge in [-0.25, -0.2) is 0 Å². The lowest BCUT2D eigenvalue weighted by atomic mass is 9.94. The SMILES string of the molecule is CCCCc1ccccc1-c1cc2c(cc1Br)CC(C)=C2. The fourth-order valence-corrected chi connectivity index (χ4v) is 3.71. The van der Waals surface area contributed by atoms with Gasteiger partial charge in [-0.15, -0.1) is 0 Å². The minimum absolute atomic E-state index is 1.09. The molecular weight excluding hydrogens is 320 g/mol. The molecule has 0 aliphatic heterocycles. The van der Waals surface area contributed by atoms with Crippen molar-refractivity contribution in [3.05, 3.63) is 63.1 Å². The summed E-state index contributed by atoms with van der Waals surface area (Å²) >= 11 is 3.79. The van der Waals surface area contributed by atoms with Gasteiger partial charge >= 0.3 is 0 Å². The molecule has 0 atom stereocenters. The van der Waals surface area contributed by atoms with Gasteiger partial charge in [0.1, 0.15) is 0 Å². The molecule has 0 amide bonds. The van der Waals surface area contributed by atoms with Crippen LogP contribution in [0.1, 0.15) is 43.4 Å². The molecule has 0 saturated carbocycles. The van der Waals surface area contributed by atoms with Crippen molar-refractivity contribution in [3.63, 3.8) is 0 Å². The molecule has 0 nitrogen and oxygen atoms in total. The zero-order valence-corrected chi connectivity index (χ0v) is 14.3. The monoisotopic (exact) mass is 340 g/mol. The van der Waals surface area contributed by atoms with Gasteiger partial charge in [-0.3, -0.25) is 0 Å². The highest BCUT2D eigenvalue weighted by molar-refractivity contribution is 9.10. The van der Waals surface area contributed by atoms with Gasteiger partial charge in [0, 0.05) is 4.47 Å². The maximum Gasteiger partial charge on any atom is 0.0257 e. The van der Waals surface area contributed by atoms with Crippen LogP contribution in [-0.2, 0) is 12.8 Å². The summed E-state index contributed by atoms with van der Waals surface area (Å²) in [5.41, 5.74) is 8.43. The number of allylic oxidation sites excluding steroid dienone is 1. The predicted octanol–water partition coefficient (Wildman–Crippen LogP) is 6.42. The van der Waals surface area contributed by atoms with E-state index < -0.39 is 0 Å². The van der Waals surface area contributed by atoms with E-state index in [2.05, 4.69) is 72.3 Å². The lowest BCUT2D eigenvalue weighted by Crippen LogP contribution is -1.93. The molecule has 21 heavy (non-hydrogen) atoms. The van der Waals surface area contributed by atoms with E-state index in [1.807, 2.05) is 0 Å². The third-order valence-electron chi connectivity index (χ3n) is 4.21. The van der Waals surface area contributed by atoms with Crippen LogP contribution in [0.15, 0.2) is 46.4 Å². The Balaban J connectivity index is 2.07. The van der Waals surface area contributed by atoms with Crippen LogP contribution < -0.4 is 0 Å². The zero-order chi connectivity index (χ0) is 14.8. The molecule has 0 saturated heterocycles. The number of halogens is 1. The Morgan fingerprint density at radius 1 is 1.10 bits per heavy atom. The Labute approximate surface area is 136 Å². The first kappa shape index (κ1) is 14.6. The average molecular weight is 341 g/mol. The van der Waals surface area contributed by atoms with Crippen LogP contribution in [0.3, 0.4) is 0 Å². The van der Waals surface area contributed by atoms with Crippen molar-refractivity contribution in [3.8, 4) is 11.1 Å². The van der Waals surface area contributed by atoms with Crippen molar-refractivity contribution in [2.45, 2.75) is 39.5 Å². The Hall–Kier alpha value is -1.34. The number of aryl methyl sites for hydroxylation is 1. The Bertz CT molecular complexity index is 695. The lowest BCUT2D eigenvalue weighted by molar-refractivity contribution is 0.796. The molecule has 1 aliphatic carbocycles. The molecule has 108 valence electrons. The van der Waals surface area contributed by atoms with Crippen LogP contribution in [0, 0.1) is 0 Å². The molecule has 0 aromatic heterocycles. The summed E-state index contributed by atoms with van der Waals surface area (Å²) in [7, 11) is 0. The highest BCUT2D eigenvalue weighted by Crippen LogP contribution is 2.37. The molecule has 0 spiro atoms. The molecular formula is C20H21Br. The van der Waals surface area contributed by atoms with Gasteiger partial charge in [0.05, 0.1) is 0 Å². The van der Waals surface area contributed by atoms with Crippen molar-refractivity contribution in [2.75, 3.05) is 0 Å². The Morgan fingerprint density at radius 2 is 1.90 bits per heavy atom. The molecule has 0 fully saturated rings. The minimum Gasteiger partial charge on any atom is -0.0683 e. The predicted molar refractivity (Wildman–Crippen MR) is 95.5 cm³/mol. The average Bonchev–Trinajstić information content (AvgIpc) is 2.83. The zero-order valence-electron chi connectivity index (χ0n) is 12.7. The van der Waals surface area contributed by atoms with Gasteiger partial charge in [-0.05, 0) is 66.1 Å². The standard InChI is InChI=1S/C20H21Br/c1-3-4-7-15-8-5-6-9-18(15)19-12-16-10-14(2)11-17(16)13-20(19)21/h5-6,8-10,12-13H,3-4,7,11H2,1-2H3. The normalized spacial score (nSPS) is 13.2. The Kier molecular flexibility index (Phi) is 4.30. The Morgan fingerprint density at radius 3 is 2.71 bits per heavy atom. The smallest absolute Gasteiger partial charge is 0.0257 e. The molecule has 1 aliphatic rings. The van der Waals surface area contributed by atoms with E-state index in [9.17, 15) is 0 Å². The van der Waals surface area contributed by atoms with Crippen LogP contribution in [0.25, 0.3) is 17.2 Å². The number of hydrogen-bond donors (Lipinski definition) is 0. The van der Waals surface area contributed by atoms with E-state index in [0.717, 1.165) is 12.8 Å². The maximum absolute atomic E-state index is 3.79. The molecule has 0 heterocycles. The van der Waals surface area contributed by atoms with Crippen LogP contribution in [-0.4, -0.2) is 0 Å². The van der Waals surface area contributed by atoms with Crippen LogP contribution >= 0.6 is 15.9 Å². The fourth-order valence-electron chi connectivity index (χ4n) is 3.11. The van der Waals surface area contributed by atoms with Gasteiger partial charge in [0.2, 0.25) is 0 Å². The van der Waals surface area contributed by atoms with E-state index in [1.54, 1.807) is 0 Å². The molecule has 2 aromatic rings. The van der Waals surface area contributed by atoms with E-state index in [-0.39, 0.29) is 0 Å². The van der Waals surface area contributed by atoms with E-state index in [0.29, 0.717) is 0 Å². The summed E-state index contributed by atoms with van der Waals surface area (Å²) in [5, 5.41) is 0. The molecule has 0 unspecified atom stereocenters. The fraction of sp³-hybridized carbons (Fsp3) is 0.300. The van der Waals surface area contributed by atoms with Gasteiger partial charge in [0.25, 0.3) is 0 Å². The molecule has 3 rings (SSSR count). The van der Waals surface area contributed by atoms with Gasteiger partial charge in [0.15, 0.2) is 0 Å². The van der Waals surface area contributed by atoms with Crippen molar-refractivity contribution in [1.29, 1.82) is 0 Å². The third-order valence-corrected chi connectivity index (χ3v) is 4.86. The summed E-state index contributed by atoms with van der Waals surface area (Å²) in [5.74, 6) is 0. The van der Waals surface area contributed by atoms with Crippen molar-refractivity contribution in [2.24, 2.45) is 0 Å². The molecule has 0 radical (unpaired) electrons. The summed E-state index contributed by atoms with van der Waals surface area (Å²) in [4.78, 5) is 0. The summed E-state index contributed by atoms with van der Waals surface area (Å²) in [6, 6.07) is 13.5. The lowest BCUT2D eigenvalue weighted by Gasteiger charge is -2.13. The van der Waals surface area contributed by atoms with Crippen LogP contribution in [0.4, 0.5) is 0 Å². The summed E-state index contributed by atoms with van der Waals surface area (Å²) in [6.45, 7) is 4.46. The highest BCUT2D eigenvalue weighted by Gasteiger charge is 2.15. The van der Waals surface area contributed by atoms with Crippen LogP contribution in [0.5, 0.6) is 0 Å². The second kappa shape index (κ2) is 6.19. The van der Waals surface area contributed by atoms with Gasteiger partial charge in [-0.2, -0.15) is 0 Å². The number of fused-ring (bicyclic) bond motifs is 1. The number of hydrogen-bond acceptors (Lipinski definition) is 0. The molecule has 0 N–H and O–H groups in total. The topological polar surface area (TPSA) is 0 Å². The first-order chi connectivity index (χ1) is 10.2. The van der Waals surface area contributed by atoms with Gasteiger partial charge < -0.3 is 0 Å². The summed E-state index contributed by atoms with van der Waals surface area (Å²) in [6.07, 6.45) is 7.05. The third kappa shape index (κ3) is 2.98. The second-order valence-corrected chi connectivity index (χ2v) is 6.81. The van der Waals surface area contributed by atoms with Crippen molar-refractivity contribution < 1.29 is 0 Å².